The Morgan fingerprint density at radius 3 is 2.50 bits per heavy atom. The molecule has 0 unspecified atom stereocenters. The van der Waals surface area contributed by atoms with Gasteiger partial charge >= 0.3 is 6.29 Å². The SMILES string of the molecule is Cc1coc(C(F)F)c1C(=O)Nc1cnc(-c2cc3c(cc2Cl)OC(F)(F)O3)cn1. The Morgan fingerprint density at radius 2 is 1.87 bits per heavy atom. The summed E-state index contributed by atoms with van der Waals surface area (Å²) in [6.07, 6.45) is -3.34. The van der Waals surface area contributed by atoms with Gasteiger partial charge in [0.2, 0.25) is 0 Å². The van der Waals surface area contributed by atoms with Crippen LogP contribution >= 0.6 is 11.6 Å². The van der Waals surface area contributed by atoms with Crippen LogP contribution in [0.5, 0.6) is 11.5 Å². The number of nitrogens with one attached hydrogen (secondary N) is 1. The summed E-state index contributed by atoms with van der Waals surface area (Å²) in [5.41, 5.74) is 0.354. The van der Waals surface area contributed by atoms with Crippen molar-refractivity contribution in [3.05, 3.63) is 52.7 Å². The Labute approximate surface area is 170 Å². The standard InChI is InChI=1S/C18H10ClF4N3O4/c1-7-6-28-15(16(20)21)14(7)17(27)26-13-5-24-10(4-25-13)8-2-11-12(3-9(8)19)30-18(22,23)29-11/h2-6,16H,1H3,(H,25,26,27). The first-order valence-electron chi connectivity index (χ1n) is 8.24. The van der Waals surface area contributed by atoms with Crippen LogP contribution in [0.25, 0.3) is 11.3 Å². The van der Waals surface area contributed by atoms with Crippen LogP contribution in [0, 0.1) is 6.92 Å². The summed E-state index contributed by atoms with van der Waals surface area (Å²) in [6, 6.07) is 2.36. The number of hydrogen-bond acceptors (Lipinski definition) is 6. The Balaban J connectivity index is 1.56. The molecule has 1 N–H and O–H groups in total. The monoisotopic (exact) mass is 443 g/mol. The van der Waals surface area contributed by atoms with Crippen molar-refractivity contribution >= 4 is 23.3 Å². The molecule has 1 amide bonds. The smallest absolute Gasteiger partial charge is 0.462 e. The molecular formula is C18H10ClF4N3O4. The lowest BCUT2D eigenvalue weighted by atomic mass is 10.1. The average Bonchev–Trinajstić information content (AvgIpc) is 3.19. The van der Waals surface area contributed by atoms with Crippen LogP contribution in [0.2, 0.25) is 5.02 Å². The molecule has 156 valence electrons. The van der Waals surface area contributed by atoms with Crippen molar-refractivity contribution in [1.29, 1.82) is 0 Å². The molecule has 0 fully saturated rings. The van der Waals surface area contributed by atoms with Crippen LogP contribution in [0.4, 0.5) is 23.4 Å². The lowest BCUT2D eigenvalue weighted by Crippen LogP contribution is -2.25. The molecule has 1 aliphatic heterocycles. The van der Waals surface area contributed by atoms with E-state index in [4.69, 9.17) is 16.0 Å². The number of halogens is 5. The van der Waals surface area contributed by atoms with Crippen LogP contribution < -0.4 is 14.8 Å². The van der Waals surface area contributed by atoms with E-state index in [0.29, 0.717) is 0 Å². The van der Waals surface area contributed by atoms with Crippen LogP contribution in [0.1, 0.15) is 28.1 Å². The quantitative estimate of drug-likeness (QED) is 0.557. The molecule has 3 heterocycles. The minimum Gasteiger partial charge on any atom is -0.462 e. The van der Waals surface area contributed by atoms with E-state index in [2.05, 4.69) is 24.8 Å². The van der Waals surface area contributed by atoms with E-state index >= 15 is 0 Å². The predicted molar refractivity (Wildman–Crippen MR) is 95.0 cm³/mol. The third-order valence-corrected chi connectivity index (χ3v) is 4.40. The lowest BCUT2D eigenvalue weighted by molar-refractivity contribution is -0.286. The fourth-order valence-corrected chi connectivity index (χ4v) is 3.04. The van der Waals surface area contributed by atoms with Gasteiger partial charge in [-0.1, -0.05) is 11.6 Å². The maximum atomic E-state index is 13.2. The zero-order chi connectivity index (χ0) is 21.6. The first-order chi connectivity index (χ1) is 14.1. The summed E-state index contributed by atoms with van der Waals surface area (Å²) in [6.45, 7) is 1.45. The van der Waals surface area contributed by atoms with Crippen molar-refractivity contribution in [1.82, 2.24) is 9.97 Å². The second-order valence-electron chi connectivity index (χ2n) is 6.15. The zero-order valence-electron chi connectivity index (χ0n) is 14.9. The topological polar surface area (TPSA) is 86.5 Å². The Hall–Kier alpha value is -3.34. The molecule has 1 aliphatic rings. The molecular weight excluding hydrogens is 434 g/mol. The molecule has 0 aliphatic carbocycles. The second kappa shape index (κ2) is 7.17. The highest BCUT2D eigenvalue weighted by atomic mass is 35.5. The number of carbonyl (C=O) groups is 1. The number of rotatable bonds is 4. The molecule has 0 spiro atoms. The van der Waals surface area contributed by atoms with Crippen LogP contribution in [-0.2, 0) is 0 Å². The lowest BCUT2D eigenvalue weighted by Gasteiger charge is -2.08. The number of carbonyl (C=O) groups excluding carboxylic acids is 1. The number of fused-ring (bicyclic) bond motifs is 1. The van der Waals surface area contributed by atoms with Gasteiger partial charge in [0, 0.05) is 17.2 Å². The second-order valence-corrected chi connectivity index (χ2v) is 6.55. The summed E-state index contributed by atoms with van der Waals surface area (Å²) >= 11 is 6.09. The number of amides is 1. The molecule has 3 aromatic rings. The van der Waals surface area contributed by atoms with E-state index in [1.165, 1.54) is 19.2 Å². The van der Waals surface area contributed by atoms with Gasteiger partial charge < -0.3 is 19.2 Å². The van der Waals surface area contributed by atoms with Crippen molar-refractivity contribution in [3.63, 3.8) is 0 Å². The van der Waals surface area contributed by atoms with E-state index < -0.39 is 24.4 Å². The number of alkyl halides is 4. The number of ether oxygens (including phenoxy) is 2. The average molecular weight is 444 g/mol. The van der Waals surface area contributed by atoms with E-state index in [-0.39, 0.29) is 44.7 Å². The third-order valence-electron chi connectivity index (χ3n) is 4.09. The third kappa shape index (κ3) is 3.63. The summed E-state index contributed by atoms with van der Waals surface area (Å²) in [5.74, 6) is -2.09. The first kappa shape index (κ1) is 20.0. The van der Waals surface area contributed by atoms with Crippen molar-refractivity contribution in [2.75, 3.05) is 5.32 Å². The van der Waals surface area contributed by atoms with Crippen molar-refractivity contribution in [2.45, 2.75) is 19.6 Å². The van der Waals surface area contributed by atoms with Gasteiger partial charge in [-0.25, -0.2) is 13.8 Å². The Morgan fingerprint density at radius 1 is 1.17 bits per heavy atom. The summed E-state index contributed by atoms with van der Waals surface area (Å²) < 4.78 is 65.8. The number of anilines is 1. The van der Waals surface area contributed by atoms with Gasteiger partial charge in [0.25, 0.3) is 12.3 Å². The molecule has 0 bridgehead atoms. The van der Waals surface area contributed by atoms with Crippen molar-refractivity contribution < 1.29 is 36.2 Å². The number of benzene rings is 1. The Kier molecular flexibility index (Phi) is 4.77. The van der Waals surface area contributed by atoms with Gasteiger partial charge in [-0.2, -0.15) is 0 Å². The van der Waals surface area contributed by atoms with Gasteiger partial charge in [-0.15, -0.1) is 8.78 Å². The van der Waals surface area contributed by atoms with Crippen molar-refractivity contribution in [3.8, 4) is 22.8 Å². The highest BCUT2D eigenvalue weighted by molar-refractivity contribution is 6.33. The maximum absolute atomic E-state index is 13.2. The van der Waals surface area contributed by atoms with Crippen molar-refractivity contribution in [2.24, 2.45) is 0 Å². The minimum atomic E-state index is -3.80. The van der Waals surface area contributed by atoms with Crippen LogP contribution in [0.3, 0.4) is 0 Å². The van der Waals surface area contributed by atoms with Crippen LogP contribution in [-0.4, -0.2) is 22.2 Å². The summed E-state index contributed by atoms with van der Waals surface area (Å²) in [5, 5.41) is 2.40. The number of nitrogens with zero attached hydrogens (tertiary/aromatic N) is 2. The molecule has 0 radical (unpaired) electrons. The number of furan rings is 1. The Bertz CT molecular complexity index is 1140. The number of aryl methyl sites for hydroxylation is 1. The van der Waals surface area contributed by atoms with Gasteiger partial charge in [0.15, 0.2) is 23.1 Å². The zero-order valence-corrected chi connectivity index (χ0v) is 15.6. The van der Waals surface area contributed by atoms with E-state index in [0.717, 1.165) is 18.5 Å². The highest BCUT2D eigenvalue weighted by Crippen LogP contribution is 2.45. The molecule has 0 saturated carbocycles. The largest absolute Gasteiger partial charge is 0.586 e. The van der Waals surface area contributed by atoms with Crippen LogP contribution in [0.15, 0.2) is 35.2 Å². The fourth-order valence-electron chi connectivity index (χ4n) is 2.79. The van der Waals surface area contributed by atoms with E-state index in [1.54, 1.807) is 0 Å². The molecule has 12 heteroatoms. The maximum Gasteiger partial charge on any atom is 0.586 e. The molecule has 0 saturated heterocycles. The normalized spacial score (nSPS) is 14.2. The van der Waals surface area contributed by atoms with Gasteiger partial charge in [0.1, 0.15) is 0 Å². The number of aromatic nitrogens is 2. The molecule has 4 rings (SSSR count). The summed E-state index contributed by atoms with van der Waals surface area (Å²) in [7, 11) is 0. The molecule has 7 nitrogen and oxygen atoms in total. The fraction of sp³-hybridized carbons (Fsp3) is 0.167. The summed E-state index contributed by atoms with van der Waals surface area (Å²) in [4.78, 5) is 20.4. The molecule has 30 heavy (non-hydrogen) atoms. The van der Waals surface area contributed by atoms with Gasteiger partial charge in [-0.05, 0) is 13.0 Å². The van der Waals surface area contributed by atoms with E-state index in [1.807, 2.05) is 0 Å². The predicted octanol–water partition coefficient (Wildman–Crippen LogP) is 5.21. The minimum absolute atomic E-state index is 0.0343. The molecule has 1 aromatic carbocycles. The highest BCUT2D eigenvalue weighted by Gasteiger charge is 2.44. The van der Waals surface area contributed by atoms with Gasteiger partial charge in [0.05, 0.1) is 34.9 Å². The molecule has 2 aromatic heterocycles. The number of hydrogen-bond donors (Lipinski definition) is 1. The first-order valence-corrected chi connectivity index (χ1v) is 8.61. The van der Waals surface area contributed by atoms with Gasteiger partial charge in [-0.3, -0.25) is 9.78 Å². The molecule has 0 atom stereocenters. The van der Waals surface area contributed by atoms with E-state index in [9.17, 15) is 22.4 Å².